The van der Waals surface area contributed by atoms with Gasteiger partial charge in [-0.3, -0.25) is 0 Å². The molecular formula is C17H28N2. The summed E-state index contributed by atoms with van der Waals surface area (Å²) in [6, 6.07) is 11.3. The lowest BCUT2D eigenvalue weighted by atomic mass is 9.88. The number of rotatable bonds is 5. The van der Waals surface area contributed by atoms with Crippen molar-refractivity contribution >= 4 is 0 Å². The zero-order chi connectivity index (χ0) is 13.7. The molecular weight excluding hydrogens is 232 g/mol. The van der Waals surface area contributed by atoms with Gasteiger partial charge in [-0.1, -0.05) is 51.1 Å². The van der Waals surface area contributed by atoms with Gasteiger partial charge in [-0.15, -0.1) is 0 Å². The zero-order valence-corrected chi connectivity index (χ0v) is 12.6. The Balaban J connectivity index is 1.97. The number of piperidine rings is 1. The Kier molecular flexibility index (Phi) is 5.41. The molecule has 3 atom stereocenters. The molecule has 2 rings (SSSR count). The van der Waals surface area contributed by atoms with Crippen LogP contribution in [0.1, 0.15) is 38.8 Å². The lowest BCUT2D eigenvalue weighted by molar-refractivity contribution is 0.127. The SMILES string of the molecule is CCNC(CN1CCC(C)C(C)C1)c1ccccc1. The Morgan fingerprint density at radius 1 is 1.21 bits per heavy atom. The first-order valence-corrected chi connectivity index (χ1v) is 7.71. The van der Waals surface area contributed by atoms with E-state index in [9.17, 15) is 0 Å². The first-order chi connectivity index (χ1) is 9.20. The highest BCUT2D eigenvalue weighted by atomic mass is 15.2. The highest BCUT2D eigenvalue weighted by Gasteiger charge is 2.24. The number of likely N-dealkylation sites (tertiary alicyclic amines) is 1. The number of hydrogen-bond donors (Lipinski definition) is 1. The van der Waals surface area contributed by atoms with Gasteiger partial charge in [0, 0.05) is 19.1 Å². The molecule has 2 heteroatoms. The van der Waals surface area contributed by atoms with E-state index < -0.39 is 0 Å². The van der Waals surface area contributed by atoms with Crippen molar-refractivity contribution < 1.29 is 0 Å². The maximum Gasteiger partial charge on any atom is 0.0449 e. The molecule has 0 radical (unpaired) electrons. The fourth-order valence-corrected chi connectivity index (χ4v) is 2.99. The smallest absolute Gasteiger partial charge is 0.0449 e. The lowest BCUT2D eigenvalue weighted by Crippen LogP contribution is -2.43. The van der Waals surface area contributed by atoms with Crippen LogP contribution in [-0.4, -0.2) is 31.1 Å². The molecule has 106 valence electrons. The monoisotopic (exact) mass is 260 g/mol. The van der Waals surface area contributed by atoms with Crippen LogP contribution < -0.4 is 5.32 Å². The number of nitrogens with zero attached hydrogens (tertiary/aromatic N) is 1. The third kappa shape index (κ3) is 4.05. The molecule has 3 unspecified atom stereocenters. The Labute approximate surface area is 118 Å². The summed E-state index contributed by atoms with van der Waals surface area (Å²) in [5.41, 5.74) is 1.41. The number of benzene rings is 1. The summed E-state index contributed by atoms with van der Waals surface area (Å²) in [5.74, 6) is 1.71. The molecule has 0 saturated carbocycles. The van der Waals surface area contributed by atoms with Gasteiger partial charge < -0.3 is 10.2 Å². The molecule has 19 heavy (non-hydrogen) atoms. The quantitative estimate of drug-likeness (QED) is 0.873. The van der Waals surface area contributed by atoms with Crippen molar-refractivity contribution in [2.24, 2.45) is 11.8 Å². The Morgan fingerprint density at radius 2 is 1.95 bits per heavy atom. The molecule has 2 nitrogen and oxygen atoms in total. The molecule has 0 amide bonds. The highest BCUT2D eigenvalue weighted by Crippen LogP contribution is 2.24. The summed E-state index contributed by atoms with van der Waals surface area (Å²) < 4.78 is 0. The van der Waals surface area contributed by atoms with Crippen LogP contribution >= 0.6 is 0 Å². The first kappa shape index (κ1) is 14.5. The minimum absolute atomic E-state index is 0.465. The minimum Gasteiger partial charge on any atom is -0.309 e. The molecule has 1 aromatic rings. The summed E-state index contributed by atoms with van der Waals surface area (Å²) in [6.07, 6.45) is 1.34. The van der Waals surface area contributed by atoms with Crippen molar-refractivity contribution in [3.8, 4) is 0 Å². The fourth-order valence-electron chi connectivity index (χ4n) is 2.99. The Hall–Kier alpha value is -0.860. The second kappa shape index (κ2) is 7.06. The molecule has 0 bridgehead atoms. The molecule has 0 aliphatic carbocycles. The van der Waals surface area contributed by atoms with Gasteiger partial charge in [0.25, 0.3) is 0 Å². The van der Waals surface area contributed by atoms with Gasteiger partial charge in [-0.25, -0.2) is 0 Å². The standard InChI is InChI=1S/C17H28N2/c1-4-18-17(16-8-6-5-7-9-16)13-19-11-10-14(2)15(3)12-19/h5-9,14-15,17-18H,4,10-13H2,1-3H3. The summed E-state index contributed by atoms with van der Waals surface area (Å²) in [6.45, 7) is 11.6. The maximum absolute atomic E-state index is 3.63. The molecule has 1 aromatic carbocycles. The van der Waals surface area contributed by atoms with Crippen LogP contribution in [0, 0.1) is 11.8 Å². The van der Waals surface area contributed by atoms with Crippen molar-refractivity contribution in [3.63, 3.8) is 0 Å². The molecule has 1 N–H and O–H groups in total. The average molecular weight is 260 g/mol. The summed E-state index contributed by atoms with van der Waals surface area (Å²) >= 11 is 0. The van der Waals surface area contributed by atoms with E-state index in [0.29, 0.717) is 6.04 Å². The van der Waals surface area contributed by atoms with Crippen LogP contribution in [-0.2, 0) is 0 Å². The molecule has 1 aliphatic heterocycles. The summed E-state index contributed by atoms with van der Waals surface area (Å²) in [4.78, 5) is 2.63. The van der Waals surface area contributed by atoms with Gasteiger partial charge in [0.05, 0.1) is 0 Å². The third-order valence-corrected chi connectivity index (χ3v) is 4.51. The summed E-state index contributed by atoms with van der Waals surface area (Å²) in [5, 5.41) is 3.63. The number of nitrogens with one attached hydrogen (secondary N) is 1. The van der Waals surface area contributed by atoms with Crippen molar-refractivity contribution in [3.05, 3.63) is 35.9 Å². The van der Waals surface area contributed by atoms with Crippen LogP contribution in [0.3, 0.4) is 0 Å². The third-order valence-electron chi connectivity index (χ3n) is 4.51. The fraction of sp³-hybridized carbons (Fsp3) is 0.647. The van der Waals surface area contributed by atoms with E-state index in [4.69, 9.17) is 0 Å². The molecule has 1 aliphatic rings. The predicted molar refractivity (Wildman–Crippen MR) is 82.2 cm³/mol. The maximum atomic E-state index is 3.63. The van der Waals surface area contributed by atoms with E-state index in [1.165, 1.54) is 25.1 Å². The van der Waals surface area contributed by atoms with Crippen LogP contribution in [0.25, 0.3) is 0 Å². The minimum atomic E-state index is 0.465. The highest BCUT2D eigenvalue weighted by molar-refractivity contribution is 5.19. The van der Waals surface area contributed by atoms with Crippen LogP contribution in [0.15, 0.2) is 30.3 Å². The topological polar surface area (TPSA) is 15.3 Å². The van der Waals surface area contributed by atoms with Gasteiger partial charge >= 0.3 is 0 Å². The van der Waals surface area contributed by atoms with Gasteiger partial charge in [-0.2, -0.15) is 0 Å². The Morgan fingerprint density at radius 3 is 2.58 bits per heavy atom. The van der Waals surface area contributed by atoms with Crippen LogP contribution in [0.2, 0.25) is 0 Å². The number of hydrogen-bond acceptors (Lipinski definition) is 2. The zero-order valence-electron chi connectivity index (χ0n) is 12.6. The largest absolute Gasteiger partial charge is 0.309 e. The molecule has 1 saturated heterocycles. The van der Waals surface area contributed by atoms with Crippen LogP contribution in [0.4, 0.5) is 0 Å². The Bertz CT molecular complexity index is 363. The molecule has 1 fully saturated rings. The normalized spacial score (nSPS) is 26.3. The van der Waals surface area contributed by atoms with Crippen molar-refractivity contribution in [1.82, 2.24) is 10.2 Å². The van der Waals surface area contributed by atoms with E-state index in [0.717, 1.165) is 24.9 Å². The first-order valence-electron chi connectivity index (χ1n) is 7.71. The van der Waals surface area contributed by atoms with Crippen molar-refractivity contribution in [1.29, 1.82) is 0 Å². The molecule has 1 heterocycles. The van der Waals surface area contributed by atoms with E-state index >= 15 is 0 Å². The van der Waals surface area contributed by atoms with E-state index in [1.54, 1.807) is 0 Å². The van der Waals surface area contributed by atoms with Gasteiger partial charge in [0.15, 0.2) is 0 Å². The van der Waals surface area contributed by atoms with Gasteiger partial charge in [-0.05, 0) is 36.9 Å². The predicted octanol–water partition coefficient (Wildman–Crippen LogP) is 3.32. The van der Waals surface area contributed by atoms with E-state index in [2.05, 4.69) is 61.3 Å². The van der Waals surface area contributed by atoms with Gasteiger partial charge in [0.2, 0.25) is 0 Å². The van der Waals surface area contributed by atoms with E-state index in [1.807, 2.05) is 0 Å². The lowest BCUT2D eigenvalue weighted by Gasteiger charge is -2.37. The second-order valence-corrected chi connectivity index (χ2v) is 6.02. The molecule has 0 aromatic heterocycles. The average Bonchev–Trinajstić information content (AvgIpc) is 2.43. The second-order valence-electron chi connectivity index (χ2n) is 6.02. The van der Waals surface area contributed by atoms with Crippen molar-refractivity contribution in [2.75, 3.05) is 26.2 Å². The number of likely N-dealkylation sites (N-methyl/N-ethyl adjacent to an activating group) is 1. The van der Waals surface area contributed by atoms with E-state index in [-0.39, 0.29) is 0 Å². The van der Waals surface area contributed by atoms with Crippen LogP contribution in [0.5, 0.6) is 0 Å². The van der Waals surface area contributed by atoms with Gasteiger partial charge in [0.1, 0.15) is 0 Å². The molecule has 0 spiro atoms. The van der Waals surface area contributed by atoms with Crippen molar-refractivity contribution in [2.45, 2.75) is 33.2 Å². The summed E-state index contributed by atoms with van der Waals surface area (Å²) in [7, 11) is 0.